The van der Waals surface area contributed by atoms with E-state index in [2.05, 4.69) is 29.0 Å². The van der Waals surface area contributed by atoms with Gasteiger partial charge in [0, 0.05) is 43.3 Å². The van der Waals surface area contributed by atoms with Gasteiger partial charge in [0.1, 0.15) is 5.82 Å². The van der Waals surface area contributed by atoms with Crippen molar-refractivity contribution in [2.45, 2.75) is 25.9 Å². The van der Waals surface area contributed by atoms with Crippen LogP contribution in [0, 0.1) is 5.82 Å². The van der Waals surface area contributed by atoms with Crippen molar-refractivity contribution < 1.29 is 4.39 Å². The third-order valence-corrected chi connectivity index (χ3v) is 3.84. The molecule has 1 saturated heterocycles. The highest BCUT2D eigenvalue weighted by Gasteiger charge is 2.25. The fraction of sp³-hybridized carbons (Fsp3) is 0.438. The number of hydrogen-bond donors (Lipinski definition) is 1. The lowest BCUT2D eigenvalue weighted by Gasteiger charge is -2.39. The zero-order valence-electron chi connectivity index (χ0n) is 12.0. The van der Waals surface area contributed by atoms with Gasteiger partial charge in [-0.15, -0.1) is 0 Å². The average molecular weight is 273 g/mol. The van der Waals surface area contributed by atoms with E-state index in [1.165, 1.54) is 0 Å². The summed E-state index contributed by atoms with van der Waals surface area (Å²) < 4.78 is 13.8. The molecule has 0 aliphatic carbocycles. The fourth-order valence-corrected chi connectivity index (χ4v) is 2.95. The van der Waals surface area contributed by atoms with Crippen LogP contribution in [0.1, 0.15) is 19.4 Å². The van der Waals surface area contributed by atoms with E-state index in [1.807, 2.05) is 6.07 Å². The van der Waals surface area contributed by atoms with E-state index in [9.17, 15) is 4.39 Å². The first-order valence-corrected chi connectivity index (χ1v) is 7.05. The molecule has 20 heavy (non-hydrogen) atoms. The van der Waals surface area contributed by atoms with Crippen LogP contribution in [-0.2, 0) is 6.54 Å². The number of halogens is 1. The Kier molecular flexibility index (Phi) is 3.44. The molecule has 1 N–H and O–H groups in total. The van der Waals surface area contributed by atoms with E-state index in [4.69, 9.17) is 0 Å². The second-order valence-electron chi connectivity index (χ2n) is 6.13. The summed E-state index contributed by atoms with van der Waals surface area (Å²) in [7, 11) is 0. The molecular weight excluding hydrogens is 253 g/mol. The average Bonchev–Trinajstić information content (AvgIpc) is 2.41. The van der Waals surface area contributed by atoms with Gasteiger partial charge in [-0.2, -0.15) is 0 Å². The third kappa shape index (κ3) is 2.67. The first kappa shape index (κ1) is 13.5. The molecule has 0 radical (unpaired) electrons. The van der Waals surface area contributed by atoms with Gasteiger partial charge >= 0.3 is 0 Å². The summed E-state index contributed by atoms with van der Waals surface area (Å²) in [6.07, 6.45) is 1.73. The summed E-state index contributed by atoms with van der Waals surface area (Å²) in [6.45, 7) is 8.21. The quantitative estimate of drug-likeness (QED) is 0.911. The Bertz CT molecular complexity index is 624. The molecule has 1 aliphatic rings. The number of piperazine rings is 1. The van der Waals surface area contributed by atoms with Gasteiger partial charge in [-0.05, 0) is 37.6 Å². The van der Waals surface area contributed by atoms with Crippen LogP contribution in [0.15, 0.2) is 30.5 Å². The number of nitrogens with zero attached hydrogens (tertiary/aromatic N) is 2. The van der Waals surface area contributed by atoms with E-state index >= 15 is 0 Å². The molecule has 0 bridgehead atoms. The fourth-order valence-electron chi connectivity index (χ4n) is 2.95. The molecule has 0 atom stereocenters. The largest absolute Gasteiger partial charge is 0.309 e. The number of rotatable bonds is 2. The molecule has 0 unspecified atom stereocenters. The van der Waals surface area contributed by atoms with Gasteiger partial charge < -0.3 is 5.32 Å². The van der Waals surface area contributed by atoms with Gasteiger partial charge in [-0.1, -0.05) is 6.07 Å². The second-order valence-corrected chi connectivity index (χ2v) is 6.13. The SMILES string of the molecule is CC1(C)CN(Cc2ccc(F)c3cccnc23)CCN1. The van der Waals surface area contributed by atoms with Crippen molar-refractivity contribution in [1.82, 2.24) is 15.2 Å². The molecule has 3 rings (SSSR count). The summed E-state index contributed by atoms with van der Waals surface area (Å²) in [4.78, 5) is 6.76. The van der Waals surface area contributed by atoms with Crippen molar-refractivity contribution in [3.63, 3.8) is 0 Å². The van der Waals surface area contributed by atoms with E-state index in [0.717, 1.165) is 37.3 Å². The number of hydrogen-bond acceptors (Lipinski definition) is 3. The zero-order chi connectivity index (χ0) is 14.2. The van der Waals surface area contributed by atoms with E-state index in [0.29, 0.717) is 5.39 Å². The minimum Gasteiger partial charge on any atom is -0.309 e. The van der Waals surface area contributed by atoms with E-state index in [1.54, 1.807) is 24.4 Å². The molecule has 1 aliphatic heterocycles. The highest BCUT2D eigenvalue weighted by molar-refractivity contribution is 5.82. The molecule has 1 fully saturated rings. The molecule has 3 nitrogen and oxygen atoms in total. The third-order valence-electron chi connectivity index (χ3n) is 3.84. The van der Waals surface area contributed by atoms with Gasteiger partial charge in [-0.25, -0.2) is 4.39 Å². The molecule has 2 heterocycles. The standard InChI is InChI=1S/C16H20FN3/c1-16(2)11-20(9-8-19-16)10-12-5-6-14(17)13-4-3-7-18-15(12)13/h3-7,19H,8-11H2,1-2H3. The number of aromatic nitrogens is 1. The lowest BCUT2D eigenvalue weighted by molar-refractivity contribution is 0.148. The van der Waals surface area contributed by atoms with Gasteiger partial charge in [0.15, 0.2) is 0 Å². The second kappa shape index (κ2) is 5.11. The van der Waals surface area contributed by atoms with Crippen molar-refractivity contribution in [3.05, 3.63) is 41.8 Å². The zero-order valence-corrected chi connectivity index (χ0v) is 12.0. The minimum atomic E-state index is -0.197. The van der Waals surface area contributed by atoms with Crippen LogP contribution in [-0.4, -0.2) is 35.1 Å². The minimum absolute atomic E-state index is 0.127. The first-order chi connectivity index (χ1) is 9.55. The predicted molar refractivity (Wildman–Crippen MR) is 79.1 cm³/mol. The molecule has 1 aromatic carbocycles. The summed E-state index contributed by atoms with van der Waals surface area (Å²) >= 11 is 0. The smallest absolute Gasteiger partial charge is 0.132 e. The van der Waals surface area contributed by atoms with Crippen molar-refractivity contribution in [3.8, 4) is 0 Å². The summed E-state index contributed by atoms with van der Waals surface area (Å²) in [6, 6.07) is 6.98. The normalized spacial score (nSPS) is 19.4. The number of nitrogens with one attached hydrogen (secondary N) is 1. The molecule has 0 spiro atoms. The van der Waals surface area contributed by atoms with Crippen LogP contribution in [0.25, 0.3) is 10.9 Å². The number of pyridine rings is 1. The monoisotopic (exact) mass is 273 g/mol. The topological polar surface area (TPSA) is 28.2 Å². The number of benzene rings is 1. The van der Waals surface area contributed by atoms with Crippen LogP contribution in [0.5, 0.6) is 0 Å². The maximum atomic E-state index is 13.8. The van der Waals surface area contributed by atoms with Gasteiger partial charge in [-0.3, -0.25) is 9.88 Å². The maximum Gasteiger partial charge on any atom is 0.132 e. The first-order valence-electron chi connectivity index (χ1n) is 7.05. The molecule has 106 valence electrons. The lowest BCUT2D eigenvalue weighted by atomic mass is 10.0. The Morgan fingerprint density at radius 2 is 2.20 bits per heavy atom. The van der Waals surface area contributed by atoms with Crippen LogP contribution in [0.4, 0.5) is 4.39 Å². The molecule has 0 saturated carbocycles. The lowest BCUT2D eigenvalue weighted by Crippen LogP contribution is -2.56. The Labute approximate surface area is 118 Å². The summed E-state index contributed by atoms with van der Waals surface area (Å²) in [5, 5.41) is 4.11. The van der Waals surface area contributed by atoms with Crippen molar-refractivity contribution in [2.75, 3.05) is 19.6 Å². The van der Waals surface area contributed by atoms with Crippen molar-refractivity contribution in [1.29, 1.82) is 0 Å². The molecule has 4 heteroatoms. The highest BCUT2D eigenvalue weighted by atomic mass is 19.1. The molecule has 0 amide bonds. The van der Waals surface area contributed by atoms with Gasteiger partial charge in [0.25, 0.3) is 0 Å². The Hall–Kier alpha value is -1.52. The molecule has 2 aromatic rings. The van der Waals surface area contributed by atoms with Crippen LogP contribution >= 0.6 is 0 Å². The molecule has 1 aromatic heterocycles. The van der Waals surface area contributed by atoms with Crippen molar-refractivity contribution >= 4 is 10.9 Å². The Balaban J connectivity index is 1.90. The van der Waals surface area contributed by atoms with Gasteiger partial charge in [0.05, 0.1) is 5.52 Å². The Morgan fingerprint density at radius 3 is 3.00 bits per heavy atom. The van der Waals surface area contributed by atoms with Crippen LogP contribution in [0.2, 0.25) is 0 Å². The Morgan fingerprint density at radius 1 is 1.35 bits per heavy atom. The van der Waals surface area contributed by atoms with Crippen LogP contribution in [0.3, 0.4) is 0 Å². The van der Waals surface area contributed by atoms with Crippen molar-refractivity contribution in [2.24, 2.45) is 0 Å². The maximum absolute atomic E-state index is 13.8. The van der Waals surface area contributed by atoms with E-state index in [-0.39, 0.29) is 11.4 Å². The molecular formula is C16H20FN3. The van der Waals surface area contributed by atoms with E-state index < -0.39 is 0 Å². The predicted octanol–water partition coefficient (Wildman–Crippen LogP) is 2.56. The summed E-state index contributed by atoms with van der Waals surface area (Å²) in [5.41, 5.74) is 2.00. The highest BCUT2D eigenvalue weighted by Crippen LogP contribution is 2.22. The number of fused-ring (bicyclic) bond motifs is 1. The van der Waals surface area contributed by atoms with Crippen LogP contribution < -0.4 is 5.32 Å². The van der Waals surface area contributed by atoms with Gasteiger partial charge in [0.2, 0.25) is 0 Å². The summed E-state index contributed by atoms with van der Waals surface area (Å²) in [5.74, 6) is -0.197.